The number of ketones is 1. The standard InChI is InChI=1S/C31H36FN3O3/c1-19-15-28-26(27(18-33(28)4)29(36)31(38)35-20(2)5-6-21(35)3)17-25(19)30(37)34-13-11-23(12-14-34)16-22-7-9-24(32)10-8-22/h7-10,15,17-18,20-21,23H,5-6,11-14,16H2,1-4H3. The first-order chi connectivity index (χ1) is 18.1. The third-order valence-corrected chi connectivity index (χ3v) is 8.53. The molecule has 3 aromatic rings. The van der Waals surface area contributed by atoms with Gasteiger partial charge in [0, 0.05) is 54.9 Å². The van der Waals surface area contributed by atoms with Gasteiger partial charge in [-0.05, 0) is 94.2 Å². The largest absolute Gasteiger partial charge is 0.350 e. The van der Waals surface area contributed by atoms with E-state index >= 15 is 0 Å². The average Bonchev–Trinajstić information content (AvgIpc) is 3.41. The summed E-state index contributed by atoms with van der Waals surface area (Å²) < 4.78 is 15.1. The Bertz CT molecular complexity index is 1380. The van der Waals surface area contributed by atoms with Crippen LogP contribution in [0.5, 0.6) is 0 Å². The number of hydrogen-bond acceptors (Lipinski definition) is 3. The zero-order chi connectivity index (χ0) is 27.1. The second kappa shape index (κ2) is 10.4. The van der Waals surface area contributed by atoms with Crippen LogP contribution in [-0.2, 0) is 18.3 Å². The van der Waals surface area contributed by atoms with Crippen LogP contribution in [0.3, 0.4) is 0 Å². The van der Waals surface area contributed by atoms with Crippen molar-refractivity contribution in [3.8, 4) is 0 Å². The van der Waals surface area contributed by atoms with Crippen molar-refractivity contribution in [2.45, 2.75) is 65.0 Å². The van der Waals surface area contributed by atoms with Gasteiger partial charge >= 0.3 is 0 Å². The lowest BCUT2D eigenvalue weighted by Crippen LogP contribution is -2.42. The number of aryl methyl sites for hydroxylation is 2. The predicted molar refractivity (Wildman–Crippen MR) is 146 cm³/mol. The summed E-state index contributed by atoms with van der Waals surface area (Å²) in [5.41, 5.74) is 3.72. The highest BCUT2D eigenvalue weighted by Gasteiger charge is 2.36. The van der Waals surface area contributed by atoms with Crippen molar-refractivity contribution < 1.29 is 18.8 Å². The minimum absolute atomic E-state index is 0.0417. The highest BCUT2D eigenvalue weighted by Crippen LogP contribution is 2.30. The quantitative estimate of drug-likeness (QED) is 0.341. The molecule has 200 valence electrons. The summed E-state index contributed by atoms with van der Waals surface area (Å²) in [4.78, 5) is 43.8. The highest BCUT2D eigenvalue weighted by molar-refractivity contribution is 6.45. The fourth-order valence-corrected chi connectivity index (χ4v) is 6.24. The van der Waals surface area contributed by atoms with Crippen LogP contribution in [0.1, 0.15) is 71.4 Å². The minimum Gasteiger partial charge on any atom is -0.350 e. The first kappa shape index (κ1) is 26.1. The van der Waals surface area contributed by atoms with Crippen LogP contribution < -0.4 is 0 Å². The van der Waals surface area contributed by atoms with E-state index in [1.165, 1.54) is 12.1 Å². The van der Waals surface area contributed by atoms with Crippen LogP contribution in [-0.4, -0.2) is 57.1 Å². The summed E-state index contributed by atoms with van der Waals surface area (Å²) >= 11 is 0. The number of hydrogen-bond donors (Lipinski definition) is 0. The molecule has 2 aliphatic heterocycles. The molecular formula is C31H36FN3O3. The summed E-state index contributed by atoms with van der Waals surface area (Å²) in [6.45, 7) is 7.21. The van der Waals surface area contributed by atoms with Crippen LogP contribution in [0.4, 0.5) is 4.39 Å². The monoisotopic (exact) mass is 517 g/mol. The molecule has 2 saturated heterocycles. The van der Waals surface area contributed by atoms with E-state index in [1.807, 2.05) is 55.5 Å². The van der Waals surface area contributed by atoms with Crippen molar-refractivity contribution in [2.24, 2.45) is 13.0 Å². The van der Waals surface area contributed by atoms with E-state index in [2.05, 4.69) is 0 Å². The number of carbonyl (C=O) groups excluding carboxylic acids is 3. The van der Waals surface area contributed by atoms with Crippen LogP contribution >= 0.6 is 0 Å². The zero-order valence-corrected chi connectivity index (χ0v) is 22.7. The van der Waals surface area contributed by atoms with Gasteiger partial charge in [0.2, 0.25) is 0 Å². The lowest BCUT2D eigenvalue weighted by atomic mass is 9.89. The van der Waals surface area contributed by atoms with E-state index in [9.17, 15) is 18.8 Å². The molecule has 0 spiro atoms. The fourth-order valence-electron chi connectivity index (χ4n) is 6.24. The number of carbonyl (C=O) groups is 3. The summed E-state index contributed by atoms with van der Waals surface area (Å²) in [5.74, 6) is -0.797. The number of fused-ring (bicyclic) bond motifs is 1. The average molecular weight is 518 g/mol. The second-order valence-corrected chi connectivity index (χ2v) is 11.2. The van der Waals surface area contributed by atoms with Gasteiger partial charge in [0.15, 0.2) is 0 Å². The van der Waals surface area contributed by atoms with Crippen molar-refractivity contribution in [1.29, 1.82) is 0 Å². The molecule has 2 amide bonds. The summed E-state index contributed by atoms with van der Waals surface area (Å²) in [5, 5.41) is 0.644. The molecule has 3 heterocycles. The molecule has 2 aromatic carbocycles. The van der Waals surface area contributed by atoms with Crippen molar-refractivity contribution in [1.82, 2.24) is 14.4 Å². The van der Waals surface area contributed by atoms with Gasteiger partial charge in [-0.1, -0.05) is 12.1 Å². The number of amides is 2. The van der Waals surface area contributed by atoms with Gasteiger partial charge in [-0.25, -0.2) is 4.39 Å². The van der Waals surface area contributed by atoms with E-state index in [4.69, 9.17) is 0 Å². The molecule has 1 aromatic heterocycles. The first-order valence-corrected chi connectivity index (χ1v) is 13.6. The number of nitrogens with zero attached hydrogens (tertiary/aromatic N) is 3. The molecule has 0 saturated carbocycles. The molecule has 0 radical (unpaired) electrons. The third kappa shape index (κ3) is 4.86. The smallest absolute Gasteiger partial charge is 0.295 e. The van der Waals surface area contributed by atoms with Gasteiger partial charge < -0.3 is 14.4 Å². The van der Waals surface area contributed by atoms with Gasteiger partial charge in [0.25, 0.3) is 17.6 Å². The van der Waals surface area contributed by atoms with Crippen molar-refractivity contribution in [2.75, 3.05) is 13.1 Å². The topological polar surface area (TPSA) is 62.6 Å². The van der Waals surface area contributed by atoms with E-state index in [0.717, 1.165) is 48.7 Å². The van der Waals surface area contributed by atoms with Gasteiger partial charge in [-0.3, -0.25) is 14.4 Å². The fraction of sp³-hybridized carbons (Fsp3) is 0.452. The minimum atomic E-state index is -0.514. The number of halogens is 1. The van der Waals surface area contributed by atoms with Crippen LogP contribution in [0, 0.1) is 18.7 Å². The molecule has 38 heavy (non-hydrogen) atoms. The van der Waals surface area contributed by atoms with E-state index in [-0.39, 0.29) is 23.8 Å². The lowest BCUT2D eigenvalue weighted by molar-refractivity contribution is -0.128. The van der Waals surface area contributed by atoms with Gasteiger partial charge in [0.05, 0.1) is 5.56 Å². The molecule has 2 unspecified atom stereocenters. The molecule has 0 bridgehead atoms. The molecule has 7 heteroatoms. The predicted octanol–water partition coefficient (Wildman–Crippen LogP) is 5.30. The van der Waals surface area contributed by atoms with Crippen molar-refractivity contribution >= 4 is 28.5 Å². The van der Waals surface area contributed by atoms with E-state index in [1.54, 1.807) is 17.2 Å². The van der Waals surface area contributed by atoms with Crippen molar-refractivity contribution in [3.63, 3.8) is 0 Å². The number of rotatable bonds is 5. The number of likely N-dealkylation sites (tertiary alicyclic amines) is 2. The van der Waals surface area contributed by atoms with Crippen LogP contribution in [0.2, 0.25) is 0 Å². The first-order valence-electron chi connectivity index (χ1n) is 13.6. The maximum atomic E-state index is 13.6. The lowest BCUT2D eigenvalue weighted by Gasteiger charge is -2.32. The molecule has 6 nitrogen and oxygen atoms in total. The highest BCUT2D eigenvalue weighted by atomic mass is 19.1. The molecular weight excluding hydrogens is 481 g/mol. The summed E-state index contributed by atoms with van der Waals surface area (Å²) in [6.07, 6.45) is 6.17. The van der Waals surface area contributed by atoms with Gasteiger partial charge in [-0.2, -0.15) is 0 Å². The Balaban J connectivity index is 1.34. The molecule has 5 rings (SSSR count). The molecule has 0 N–H and O–H groups in total. The van der Waals surface area contributed by atoms with E-state index in [0.29, 0.717) is 35.5 Å². The Morgan fingerprint density at radius 3 is 2.18 bits per heavy atom. The molecule has 2 fully saturated rings. The SMILES string of the molecule is Cc1cc2c(cc1C(=O)N1CCC(Cc3ccc(F)cc3)CC1)c(C(=O)C(=O)N1C(C)CCC1C)cn2C. The number of piperidine rings is 1. The summed E-state index contributed by atoms with van der Waals surface area (Å²) in [6, 6.07) is 10.5. The second-order valence-electron chi connectivity index (χ2n) is 11.2. The Hall–Kier alpha value is -3.48. The molecule has 2 aliphatic rings. The normalized spacial score (nSPS) is 20.3. The zero-order valence-electron chi connectivity index (χ0n) is 22.7. The Morgan fingerprint density at radius 1 is 0.921 bits per heavy atom. The molecule has 2 atom stereocenters. The summed E-state index contributed by atoms with van der Waals surface area (Å²) in [7, 11) is 1.86. The number of aromatic nitrogens is 1. The number of benzene rings is 2. The van der Waals surface area contributed by atoms with Crippen LogP contribution in [0.15, 0.2) is 42.6 Å². The molecule has 0 aliphatic carbocycles. The van der Waals surface area contributed by atoms with Crippen molar-refractivity contribution in [3.05, 3.63) is 70.7 Å². The number of Topliss-reactive ketones (excluding diaryl/α,β-unsaturated/α-hetero) is 1. The Labute approximate surface area is 223 Å². The van der Waals surface area contributed by atoms with Crippen LogP contribution in [0.25, 0.3) is 10.9 Å². The van der Waals surface area contributed by atoms with E-state index < -0.39 is 11.7 Å². The maximum Gasteiger partial charge on any atom is 0.295 e. The Morgan fingerprint density at radius 2 is 1.55 bits per heavy atom. The van der Waals surface area contributed by atoms with Gasteiger partial charge in [-0.15, -0.1) is 0 Å². The maximum absolute atomic E-state index is 13.6. The van der Waals surface area contributed by atoms with Gasteiger partial charge in [0.1, 0.15) is 5.82 Å². The Kier molecular flexibility index (Phi) is 7.12. The third-order valence-electron chi connectivity index (χ3n) is 8.53.